The van der Waals surface area contributed by atoms with Gasteiger partial charge in [0.15, 0.2) is 11.0 Å². The maximum Gasteiger partial charge on any atom is 0.339 e. The van der Waals surface area contributed by atoms with Gasteiger partial charge in [0, 0.05) is 7.05 Å². The number of esters is 1. The van der Waals surface area contributed by atoms with E-state index in [4.69, 9.17) is 4.74 Å². The first-order valence-electron chi connectivity index (χ1n) is 9.41. The van der Waals surface area contributed by atoms with Gasteiger partial charge in [-0.1, -0.05) is 36.0 Å². The number of para-hydroxylation sites is 1. The van der Waals surface area contributed by atoms with Crippen molar-refractivity contribution in [2.24, 2.45) is 7.05 Å². The number of hydrogen-bond acceptors (Lipinski definition) is 7. The number of nitrogens with one attached hydrogen (secondary N) is 2. The Morgan fingerprint density at radius 1 is 1.06 bits per heavy atom. The second-order valence-electron chi connectivity index (χ2n) is 6.49. The number of ether oxygens (including phenoxy) is 1. The third kappa shape index (κ3) is 5.49. The Balaban J connectivity index is 1.56. The number of rotatable bonds is 8. The Morgan fingerprint density at radius 2 is 1.75 bits per heavy atom. The zero-order valence-corrected chi connectivity index (χ0v) is 18.1. The van der Waals surface area contributed by atoms with Crippen LogP contribution >= 0.6 is 11.8 Å². The van der Waals surface area contributed by atoms with Gasteiger partial charge < -0.3 is 19.9 Å². The number of aromatic nitrogens is 3. The molecule has 0 aliphatic carbocycles. The van der Waals surface area contributed by atoms with Crippen molar-refractivity contribution in [3.05, 3.63) is 71.3 Å². The minimum absolute atomic E-state index is 0.0169. The zero-order chi connectivity index (χ0) is 23.1. The van der Waals surface area contributed by atoms with E-state index < -0.39 is 17.7 Å². The van der Waals surface area contributed by atoms with Crippen LogP contribution in [0.15, 0.2) is 53.7 Å². The number of carbonyl (C=O) groups excluding carboxylic acids is 3. The Morgan fingerprint density at radius 3 is 2.47 bits per heavy atom. The standard InChI is InChI=1S/C21H20FN5O4S/c1-27-17(11-23-19(29)13-7-3-5-9-15(13)22)25-26-21(27)32-12-18(28)24-16-10-6-4-8-14(16)20(30)31-2/h3-10H,11-12H2,1-2H3,(H,23,29)(H,24,28). The summed E-state index contributed by atoms with van der Waals surface area (Å²) in [6, 6.07) is 12.2. The third-order valence-electron chi connectivity index (χ3n) is 4.39. The Labute approximate surface area is 187 Å². The molecule has 1 heterocycles. The molecule has 0 bridgehead atoms. The van der Waals surface area contributed by atoms with Gasteiger partial charge in [-0.05, 0) is 24.3 Å². The number of anilines is 1. The fraction of sp³-hybridized carbons (Fsp3) is 0.190. The molecule has 9 nitrogen and oxygen atoms in total. The number of amides is 2. The molecule has 0 unspecified atom stereocenters. The summed E-state index contributed by atoms with van der Waals surface area (Å²) >= 11 is 1.14. The monoisotopic (exact) mass is 457 g/mol. The van der Waals surface area contributed by atoms with E-state index in [0.29, 0.717) is 16.7 Å². The largest absolute Gasteiger partial charge is 0.465 e. The van der Waals surface area contributed by atoms with Crippen LogP contribution in [0.25, 0.3) is 0 Å². The highest BCUT2D eigenvalue weighted by atomic mass is 32.2. The highest BCUT2D eigenvalue weighted by Gasteiger charge is 2.16. The number of thioether (sulfide) groups is 1. The first-order chi connectivity index (χ1) is 15.4. The molecule has 2 N–H and O–H groups in total. The van der Waals surface area contributed by atoms with Gasteiger partial charge in [0.1, 0.15) is 5.82 Å². The fourth-order valence-electron chi connectivity index (χ4n) is 2.72. The molecule has 0 atom stereocenters. The molecule has 32 heavy (non-hydrogen) atoms. The smallest absolute Gasteiger partial charge is 0.339 e. The van der Waals surface area contributed by atoms with Crippen LogP contribution in [0, 0.1) is 5.82 Å². The number of halogens is 1. The lowest BCUT2D eigenvalue weighted by Crippen LogP contribution is -2.25. The van der Waals surface area contributed by atoms with Crippen molar-refractivity contribution in [2.45, 2.75) is 11.7 Å². The average Bonchev–Trinajstić information content (AvgIpc) is 3.15. The number of methoxy groups -OCH3 is 1. The number of benzene rings is 2. The minimum atomic E-state index is -0.612. The Hall–Kier alpha value is -3.73. The normalized spacial score (nSPS) is 10.5. The molecule has 0 aliphatic rings. The molecular weight excluding hydrogens is 437 g/mol. The predicted molar refractivity (Wildman–Crippen MR) is 116 cm³/mol. The minimum Gasteiger partial charge on any atom is -0.465 e. The average molecular weight is 457 g/mol. The zero-order valence-electron chi connectivity index (χ0n) is 17.3. The van der Waals surface area contributed by atoms with E-state index >= 15 is 0 Å². The van der Waals surface area contributed by atoms with Gasteiger partial charge in [-0.2, -0.15) is 0 Å². The van der Waals surface area contributed by atoms with Crippen LogP contribution in [0.5, 0.6) is 0 Å². The molecular formula is C21H20FN5O4S. The van der Waals surface area contributed by atoms with E-state index in [-0.39, 0.29) is 29.3 Å². The van der Waals surface area contributed by atoms with Crippen LogP contribution in [0.4, 0.5) is 10.1 Å². The lowest BCUT2D eigenvalue weighted by Gasteiger charge is -2.09. The van der Waals surface area contributed by atoms with Gasteiger partial charge >= 0.3 is 5.97 Å². The van der Waals surface area contributed by atoms with E-state index in [9.17, 15) is 18.8 Å². The number of hydrogen-bond donors (Lipinski definition) is 2. The quantitative estimate of drug-likeness (QED) is 0.394. The Bertz CT molecular complexity index is 1150. The summed E-state index contributed by atoms with van der Waals surface area (Å²) in [5.74, 6) is -1.62. The molecule has 11 heteroatoms. The van der Waals surface area contributed by atoms with E-state index in [0.717, 1.165) is 11.8 Å². The summed E-state index contributed by atoms with van der Waals surface area (Å²) in [6.07, 6.45) is 0. The first kappa shape index (κ1) is 22.9. The number of carbonyl (C=O) groups is 3. The van der Waals surface area contributed by atoms with E-state index in [2.05, 4.69) is 20.8 Å². The van der Waals surface area contributed by atoms with Crippen molar-refractivity contribution >= 4 is 35.2 Å². The van der Waals surface area contributed by atoms with Gasteiger partial charge in [-0.15, -0.1) is 10.2 Å². The van der Waals surface area contributed by atoms with Gasteiger partial charge in [-0.25, -0.2) is 9.18 Å². The molecule has 3 rings (SSSR count). The maximum atomic E-state index is 13.7. The van der Waals surface area contributed by atoms with E-state index in [1.165, 1.54) is 25.3 Å². The molecule has 0 aliphatic heterocycles. The van der Waals surface area contributed by atoms with Crippen LogP contribution in [-0.4, -0.2) is 45.4 Å². The molecule has 2 amide bonds. The highest BCUT2D eigenvalue weighted by molar-refractivity contribution is 7.99. The summed E-state index contributed by atoms with van der Waals surface area (Å²) in [5, 5.41) is 13.7. The molecule has 0 saturated carbocycles. The van der Waals surface area contributed by atoms with Crippen LogP contribution in [-0.2, 0) is 23.1 Å². The van der Waals surface area contributed by atoms with Crippen molar-refractivity contribution in [3.63, 3.8) is 0 Å². The summed E-state index contributed by atoms with van der Waals surface area (Å²) in [4.78, 5) is 36.3. The fourth-order valence-corrected chi connectivity index (χ4v) is 3.45. The molecule has 0 spiro atoms. The Kier molecular flexibility index (Phi) is 7.55. The molecule has 0 radical (unpaired) electrons. The van der Waals surface area contributed by atoms with Crippen molar-refractivity contribution < 1.29 is 23.5 Å². The first-order valence-corrected chi connectivity index (χ1v) is 10.4. The van der Waals surface area contributed by atoms with Crippen molar-refractivity contribution in [1.29, 1.82) is 0 Å². The lowest BCUT2D eigenvalue weighted by molar-refractivity contribution is -0.113. The molecule has 0 fully saturated rings. The van der Waals surface area contributed by atoms with Crippen LogP contribution < -0.4 is 10.6 Å². The molecule has 2 aromatic carbocycles. The third-order valence-corrected chi connectivity index (χ3v) is 5.41. The second-order valence-corrected chi connectivity index (χ2v) is 7.44. The molecule has 166 valence electrons. The number of nitrogens with zero attached hydrogens (tertiary/aromatic N) is 3. The van der Waals surface area contributed by atoms with Gasteiger partial charge in [0.05, 0.1) is 36.2 Å². The molecule has 0 saturated heterocycles. The SMILES string of the molecule is COC(=O)c1ccccc1NC(=O)CSc1nnc(CNC(=O)c2ccccc2F)n1C. The van der Waals surface area contributed by atoms with Gasteiger partial charge in [-0.3, -0.25) is 9.59 Å². The molecule has 3 aromatic rings. The summed E-state index contributed by atoms with van der Waals surface area (Å²) in [6.45, 7) is 0.0376. The second kappa shape index (κ2) is 10.5. The summed E-state index contributed by atoms with van der Waals surface area (Å²) in [5.41, 5.74) is 0.535. The van der Waals surface area contributed by atoms with Crippen LogP contribution in [0.1, 0.15) is 26.5 Å². The summed E-state index contributed by atoms with van der Waals surface area (Å²) < 4.78 is 20.1. The van der Waals surface area contributed by atoms with Gasteiger partial charge in [0.2, 0.25) is 5.91 Å². The van der Waals surface area contributed by atoms with E-state index in [1.807, 2.05) is 0 Å². The maximum absolute atomic E-state index is 13.7. The highest BCUT2D eigenvalue weighted by Crippen LogP contribution is 2.19. The van der Waals surface area contributed by atoms with Gasteiger partial charge in [0.25, 0.3) is 5.91 Å². The van der Waals surface area contributed by atoms with E-state index in [1.54, 1.807) is 41.9 Å². The van der Waals surface area contributed by atoms with Crippen molar-refractivity contribution in [2.75, 3.05) is 18.2 Å². The summed E-state index contributed by atoms with van der Waals surface area (Å²) in [7, 11) is 2.96. The predicted octanol–water partition coefficient (Wildman–Crippen LogP) is 2.40. The van der Waals surface area contributed by atoms with Crippen LogP contribution in [0.2, 0.25) is 0 Å². The molecule has 1 aromatic heterocycles. The van der Waals surface area contributed by atoms with Crippen LogP contribution in [0.3, 0.4) is 0 Å². The topological polar surface area (TPSA) is 115 Å². The lowest BCUT2D eigenvalue weighted by atomic mass is 10.2. The van der Waals surface area contributed by atoms with Crippen molar-refractivity contribution in [1.82, 2.24) is 20.1 Å². The van der Waals surface area contributed by atoms with Crippen molar-refractivity contribution in [3.8, 4) is 0 Å².